The maximum atomic E-state index is 12.6. The number of methoxy groups -OCH3 is 1. The fraction of sp³-hybridized carbons (Fsp3) is 0.636. The quantitative estimate of drug-likeness (QED) is 0.790. The van der Waals surface area contributed by atoms with Crippen molar-refractivity contribution in [2.24, 2.45) is 11.8 Å². The number of piperidine rings is 2. The van der Waals surface area contributed by atoms with Gasteiger partial charge in [-0.3, -0.25) is 14.5 Å². The van der Waals surface area contributed by atoms with Gasteiger partial charge in [0.2, 0.25) is 0 Å². The number of carbonyl (C=O) groups is 2. The van der Waals surface area contributed by atoms with Crippen molar-refractivity contribution in [1.82, 2.24) is 15.1 Å². The Morgan fingerprint density at radius 1 is 1.14 bits per heavy atom. The van der Waals surface area contributed by atoms with E-state index in [0.29, 0.717) is 12.5 Å². The van der Waals surface area contributed by atoms with Gasteiger partial charge in [0.05, 0.1) is 13.2 Å². The first-order valence-electron chi connectivity index (χ1n) is 10.6. The molecule has 2 amide bonds. The first-order valence-corrected chi connectivity index (χ1v) is 10.6. The Morgan fingerprint density at radius 3 is 2.68 bits per heavy atom. The maximum absolute atomic E-state index is 12.6. The minimum Gasteiger partial charge on any atom is -0.496 e. The third kappa shape index (κ3) is 4.17. The van der Waals surface area contributed by atoms with Crippen molar-refractivity contribution in [3.63, 3.8) is 0 Å². The molecular formula is C22H31N3O3. The number of nitrogens with zero attached hydrogens (tertiary/aromatic N) is 2. The van der Waals surface area contributed by atoms with Gasteiger partial charge < -0.3 is 15.0 Å². The van der Waals surface area contributed by atoms with Crippen molar-refractivity contribution in [2.45, 2.75) is 38.1 Å². The van der Waals surface area contributed by atoms with Crippen LogP contribution in [0.4, 0.5) is 0 Å². The van der Waals surface area contributed by atoms with Crippen LogP contribution in [0, 0.1) is 11.8 Å². The summed E-state index contributed by atoms with van der Waals surface area (Å²) >= 11 is 0. The predicted molar refractivity (Wildman–Crippen MR) is 107 cm³/mol. The smallest absolute Gasteiger partial charge is 0.311 e. The van der Waals surface area contributed by atoms with Crippen LogP contribution in [0.2, 0.25) is 0 Å². The zero-order chi connectivity index (χ0) is 19.5. The van der Waals surface area contributed by atoms with E-state index >= 15 is 0 Å². The van der Waals surface area contributed by atoms with Crippen LogP contribution in [0.25, 0.3) is 0 Å². The summed E-state index contributed by atoms with van der Waals surface area (Å²) in [5, 5.41) is 2.93. The van der Waals surface area contributed by atoms with E-state index < -0.39 is 5.91 Å². The molecule has 28 heavy (non-hydrogen) atoms. The SMILES string of the molecule is COc1ccccc1C(CNC(=O)C(=O)N1CCC2CC2C1)N1CCCCC1. The van der Waals surface area contributed by atoms with Gasteiger partial charge in [-0.2, -0.15) is 0 Å². The molecule has 2 aliphatic heterocycles. The van der Waals surface area contributed by atoms with Crippen molar-refractivity contribution in [3.8, 4) is 5.75 Å². The topological polar surface area (TPSA) is 61.9 Å². The molecule has 1 aliphatic carbocycles. The standard InChI is InChI=1S/C22H31N3O3/c1-28-20-8-4-3-7-18(20)19(24-10-5-2-6-11-24)14-23-21(26)22(27)25-12-9-16-13-17(16)15-25/h3-4,7-8,16-17,19H,2,5-6,9-15H2,1H3,(H,23,26). The summed E-state index contributed by atoms with van der Waals surface area (Å²) in [6.45, 7) is 3.89. The van der Waals surface area contributed by atoms with Crippen molar-refractivity contribution >= 4 is 11.8 Å². The molecule has 152 valence electrons. The van der Waals surface area contributed by atoms with E-state index in [1.165, 1.54) is 12.8 Å². The average Bonchev–Trinajstić information content (AvgIpc) is 3.53. The summed E-state index contributed by atoms with van der Waals surface area (Å²) in [6.07, 6.45) is 5.83. The summed E-state index contributed by atoms with van der Waals surface area (Å²) in [5.74, 6) is 1.40. The minimum absolute atomic E-state index is 0.0161. The van der Waals surface area contributed by atoms with Gasteiger partial charge in [-0.25, -0.2) is 0 Å². The van der Waals surface area contributed by atoms with Gasteiger partial charge >= 0.3 is 11.8 Å². The van der Waals surface area contributed by atoms with Crippen LogP contribution in [0.15, 0.2) is 24.3 Å². The van der Waals surface area contributed by atoms with Crippen molar-refractivity contribution in [1.29, 1.82) is 0 Å². The molecule has 2 saturated heterocycles. The Balaban J connectivity index is 1.43. The molecule has 2 heterocycles. The average molecular weight is 386 g/mol. The fourth-order valence-electron chi connectivity index (χ4n) is 4.78. The highest BCUT2D eigenvalue weighted by molar-refractivity contribution is 6.35. The third-order valence-electron chi connectivity index (χ3n) is 6.56. The van der Waals surface area contributed by atoms with Crippen molar-refractivity contribution in [2.75, 3.05) is 39.8 Å². The van der Waals surface area contributed by atoms with Gasteiger partial charge in [-0.1, -0.05) is 24.6 Å². The number of rotatable bonds is 5. The maximum Gasteiger partial charge on any atom is 0.311 e. The Labute approximate surface area is 167 Å². The number of amides is 2. The van der Waals surface area contributed by atoms with Gasteiger partial charge in [0, 0.05) is 25.2 Å². The highest BCUT2D eigenvalue weighted by Crippen LogP contribution is 2.44. The number of para-hydroxylation sites is 1. The Bertz CT molecular complexity index is 717. The fourth-order valence-corrected chi connectivity index (χ4v) is 4.78. The molecule has 0 aromatic heterocycles. The zero-order valence-electron chi connectivity index (χ0n) is 16.7. The first kappa shape index (κ1) is 19.2. The second kappa shape index (κ2) is 8.52. The van der Waals surface area contributed by atoms with Crippen LogP contribution < -0.4 is 10.1 Å². The minimum atomic E-state index is -0.476. The molecule has 3 unspecified atom stereocenters. The second-order valence-electron chi connectivity index (χ2n) is 8.36. The molecule has 3 aliphatic rings. The number of benzene rings is 1. The number of hydrogen-bond donors (Lipinski definition) is 1. The number of hydrogen-bond acceptors (Lipinski definition) is 4. The molecule has 1 aromatic carbocycles. The molecule has 1 saturated carbocycles. The lowest BCUT2D eigenvalue weighted by atomic mass is 10.0. The molecular weight excluding hydrogens is 354 g/mol. The molecule has 6 nitrogen and oxygen atoms in total. The van der Waals surface area contributed by atoms with Crippen LogP contribution in [-0.4, -0.2) is 61.4 Å². The third-order valence-corrected chi connectivity index (χ3v) is 6.56. The van der Waals surface area contributed by atoms with Crippen molar-refractivity contribution in [3.05, 3.63) is 29.8 Å². The van der Waals surface area contributed by atoms with E-state index in [4.69, 9.17) is 4.74 Å². The lowest BCUT2D eigenvalue weighted by molar-refractivity contribution is -0.146. The Kier molecular flexibility index (Phi) is 5.85. The molecule has 4 rings (SSSR count). The molecule has 0 radical (unpaired) electrons. The summed E-state index contributed by atoms with van der Waals surface area (Å²) in [5.41, 5.74) is 1.07. The summed E-state index contributed by atoms with van der Waals surface area (Å²) < 4.78 is 5.57. The molecule has 6 heteroatoms. The Morgan fingerprint density at radius 2 is 1.93 bits per heavy atom. The van der Waals surface area contributed by atoms with Crippen molar-refractivity contribution < 1.29 is 14.3 Å². The molecule has 1 aromatic rings. The second-order valence-corrected chi connectivity index (χ2v) is 8.36. The molecule has 3 fully saturated rings. The number of carbonyl (C=O) groups excluding carboxylic acids is 2. The molecule has 0 spiro atoms. The van der Waals surface area contributed by atoms with Crippen LogP contribution in [-0.2, 0) is 9.59 Å². The molecule has 0 bridgehead atoms. The van der Waals surface area contributed by atoms with Gasteiger partial charge in [0.1, 0.15) is 5.75 Å². The lowest BCUT2D eigenvalue weighted by Gasteiger charge is -2.35. The highest BCUT2D eigenvalue weighted by atomic mass is 16.5. The van der Waals surface area contributed by atoms with E-state index in [1.54, 1.807) is 12.0 Å². The van der Waals surface area contributed by atoms with E-state index in [1.807, 2.05) is 18.2 Å². The lowest BCUT2D eigenvalue weighted by Crippen LogP contribution is -2.48. The van der Waals surface area contributed by atoms with E-state index in [0.717, 1.165) is 62.7 Å². The highest BCUT2D eigenvalue weighted by Gasteiger charge is 2.43. The summed E-state index contributed by atoms with van der Waals surface area (Å²) in [7, 11) is 1.68. The van der Waals surface area contributed by atoms with Gasteiger partial charge in [-0.05, 0) is 56.7 Å². The monoisotopic (exact) mass is 385 g/mol. The van der Waals surface area contributed by atoms with E-state index in [9.17, 15) is 9.59 Å². The van der Waals surface area contributed by atoms with Crippen LogP contribution in [0.1, 0.15) is 43.7 Å². The number of likely N-dealkylation sites (tertiary alicyclic amines) is 2. The van der Waals surface area contributed by atoms with Gasteiger partial charge in [-0.15, -0.1) is 0 Å². The van der Waals surface area contributed by atoms with E-state index in [-0.39, 0.29) is 11.9 Å². The predicted octanol–water partition coefficient (Wildman–Crippen LogP) is 2.21. The first-order chi connectivity index (χ1) is 13.7. The number of nitrogens with one attached hydrogen (secondary N) is 1. The number of ether oxygens (including phenoxy) is 1. The summed E-state index contributed by atoms with van der Waals surface area (Å²) in [4.78, 5) is 29.3. The molecule has 3 atom stereocenters. The van der Waals surface area contributed by atoms with Crippen LogP contribution >= 0.6 is 0 Å². The summed E-state index contributed by atoms with van der Waals surface area (Å²) in [6, 6.07) is 7.99. The largest absolute Gasteiger partial charge is 0.496 e. The number of fused-ring (bicyclic) bond motifs is 1. The van der Waals surface area contributed by atoms with E-state index in [2.05, 4.69) is 16.3 Å². The Hall–Kier alpha value is -2.08. The molecule has 1 N–H and O–H groups in total. The zero-order valence-corrected chi connectivity index (χ0v) is 16.7. The van der Waals surface area contributed by atoms with Gasteiger partial charge in [0.25, 0.3) is 0 Å². The van der Waals surface area contributed by atoms with Gasteiger partial charge in [0.15, 0.2) is 0 Å². The normalized spacial score (nSPS) is 25.5. The van der Waals surface area contributed by atoms with Crippen LogP contribution in [0.3, 0.4) is 0 Å². The van der Waals surface area contributed by atoms with Crippen LogP contribution in [0.5, 0.6) is 5.75 Å².